The molecule has 1 aliphatic heterocycles. The molecule has 1 fully saturated rings. The van der Waals surface area contributed by atoms with Gasteiger partial charge in [-0.25, -0.2) is 4.39 Å². The van der Waals surface area contributed by atoms with E-state index in [2.05, 4.69) is 41.0 Å². The van der Waals surface area contributed by atoms with Crippen molar-refractivity contribution in [1.29, 1.82) is 0 Å². The van der Waals surface area contributed by atoms with Crippen LogP contribution in [0.15, 0.2) is 48.5 Å². The fourth-order valence-electron chi connectivity index (χ4n) is 2.70. The van der Waals surface area contributed by atoms with Crippen LogP contribution in [0.1, 0.15) is 11.1 Å². The fourth-order valence-corrected chi connectivity index (χ4v) is 3.02. The topological polar surface area (TPSA) is 6.48 Å². The van der Waals surface area contributed by atoms with Crippen LogP contribution >= 0.6 is 12.2 Å². The van der Waals surface area contributed by atoms with Gasteiger partial charge in [0.1, 0.15) is 10.8 Å². The minimum atomic E-state index is -0.192. The van der Waals surface area contributed by atoms with Crippen LogP contribution < -0.4 is 4.90 Å². The van der Waals surface area contributed by atoms with Crippen LogP contribution in [0.2, 0.25) is 0 Å². The minimum Gasteiger partial charge on any atom is -0.368 e. The third-order valence-electron chi connectivity index (χ3n) is 4.06. The van der Waals surface area contributed by atoms with Gasteiger partial charge in [0.05, 0.1) is 0 Å². The zero-order valence-corrected chi connectivity index (χ0v) is 13.4. The molecule has 3 rings (SSSR count). The summed E-state index contributed by atoms with van der Waals surface area (Å²) >= 11 is 5.61. The number of halogens is 1. The van der Waals surface area contributed by atoms with Gasteiger partial charge >= 0.3 is 0 Å². The lowest BCUT2D eigenvalue weighted by Crippen LogP contribution is -2.48. The van der Waals surface area contributed by atoms with Crippen LogP contribution in [0.3, 0.4) is 0 Å². The highest BCUT2D eigenvalue weighted by atomic mass is 32.1. The largest absolute Gasteiger partial charge is 0.368 e. The first-order valence-corrected chi connectivity index (χ1v) is 7.91. The van der Waals surface area contributed by atoms with Gasteiger partial charge in [-0.05, 0) is 31.2 Å². The molecule has 0 amide bonds. The Morgan fingerprint density at radius 1 is 0.909 bits per heavy atom. The van der Waals surface area contributed by atoms with Crippen LogP contribution in [0.25, 0.3) is 0 Å². The zero-order valence-electron chi connectivity index (χ0n) is 12.6. The number of nitrogens with zero attached hydrogens (tertiary/aromatic N) is 2. The molecule has 22 heavy (non-hydrogen) atoms. The Labute approximate surface area is 136 Å². The van der Waals surface area contributed by atoms with Gasteiger partial charge in [-0.1, -0.05) is 42.0 Å². The second-order valence-corrected chi connectivity index (χ2v) is 6.01. The van der Waals surface area contributed by atoms with Crippen molar-refractivity contribution in [3.8, 4) is 0 Å². The highest BCUT2D eigenvalue weighted by molar-refractivity contribution is 7.80. The van der Waals surface area contributed by atoms with E-state index in [0.29, 0.717) is 0 Å². The molecule has 0 aliphatic carbocycles. The first kappa shape index (κ1) is 15.0. The van der Waals surface area contributed by atoms with Crippen molar-refractivity contribution in [2.75, 3.05) is 31.1 Å². The number of hydrogen-bond donors (Lipinski definition) is 0. The van der Waals surface area contributed by atoms with Crippen molar-refractivity contribution in [3.63, 3.8) is 0 Å². The average Bonchev–Trinajstić information content (AvgIpc) is 2.56. The number of hydrogen-bond acceptors (Lipinski definition) is 2. The number of piperazine rings is 1. The molecule has 0 unspecified atom stereocenters. The molecule has 0 bridgehead atoms. The monoisotopic (exact) mass is 314 g/mol. The third kappa shape index (κ3) is 3.28. The summed E-state index contributed by atoms with van der Waals surface area (Å²) in [5.74, 6) is -0.192. The Morgan fingerprint density at radius 2 is 1.50 bits per heavy atom. The Morgan fingerprint density at radius 3 is 2.09 bits per heavy atom. The number of aryl methyl sites for hydroxylation is 1. The van der Waals surface area contributed by atoms with Gasteiger partial charge in [-0.3, -0.25) is 0 Å². The Bertz CT molecular complexity index is 644. The molecule has 0 atom stereocenters. The Balaban J connectivity index is 1.62. The van der Waals surface area contributed by atoms with E-state index >= 15 is 0 Å². The molecule has 0 radical (unpaired) electrons. The van der Waals surface area contributed by atoms with E-state index < -0.39 is 0 Å². The minimum absolute atomic E-state index is 0.192. The summed E-state index contributed by atoms with van der Waals surface area (Å²) in [6.07, 6.45) is 0. The SMILES string of the molecule is Cc1ccc(C(=S)N2CCN(c3ccc(F)cc3)CC2)cc1. The van der Waals surface area contributed by atoms with E-state index in [9.17, 15) is 4.39 Å². The van der Waals surface area contributed by atoms with E-state index in [1.165, 1.54) is 17.7 Å². The number of anilines is 1. The summed E-state index contributed by atoms with van der Waals surface area (Å²) < 4.78 is 13.0. The maximum absolute atomic E-state index is 13.0. The van der Waals surface area contributed by atoms with Crippen molar-refractivity contribution in [2.24, 2.45) is 0 Å². The predicted octanol–water partition coefficient (Wildman–Crippen LogP) is 3.63. The fraction of sp³-hybridized carbons (Fsp3) is 0.278. The summed E-state index contributed by atoms with van der Waals surface area (Å²) in [5.41, 5.74) is 3.42. The van der Waals surface area contributed by atoms with Crippen LogP contribution in [0.4, 0.5) is 10.1 Å². The molecule has 0 spiro atoms. The van der Waals surface area contributed by atoms with Gasteiger partial charge < -0.3 is 9.80 Å². The van der Waals surface area contributed by atoms with Gasteiger partial charge in [0, 0.05) is 37.4 Å². The zero-order chi connectivity index (χ0) is 15.5. The van der Waals surface area contributed by atoms with Crippen molar-refractivity contribution in [1.82, 2.24) is 4.90 Å². The first-order chi connectivity index (χ1) is 10.6. The second kappa shape index (κ2) is 6.44. The third-order valence-corrected chi connectivity index (χ3v) is 4.55. The molecular weight excluding hydrogens is 295 g/mol. The second-order valence-electron chi connectivity index (χ2n) is 5.62. The molecule has 1 heterocycles. The Hall–Kier alpha value is -1.94. The lowest BCUT2D eigenvalue weighted by atomic mass is 10.1. The van der Waals surface area contributed by atoms with Gasteiger partial charge in [0.25, 0.3) is 0 Å². The van der Waals surface area contributed by atoms with Crippen LogP contribution in [0, 0.1) is 12.7 Å². The van der Waals surface area contributed by atoms with E-state index in [-0.39, 0.29) is 5.82 Å². The summed E-state index contributed by atoms with van der Waals surface area (Å²) in [4.78, 5) is 5.44. The van der Waals surface area contributed by atoms with Crippen molar-refractivity contribution in [2.45, 2.75) is 6.92 Å². The summed E-state index contributed by atoms with van der Waals surface area (Å²) in [6.45, 7) is 5.66. The van der Waals surface area contributed by atoms with Crippen LogP contribution in [0.5, 0.6) is 0 Å². The number of rotatable bonds is 2. The molecule has 2 aromatic rings. The smallest absolute Gasteiger partial charge is 0.123 e. The molecule has 1 saturated heterocycles. The maximum atomic E-state index is 13.0. The van der Waals surface area contributed by atoms with Gasteiger partial charge in [0.15, 0.2) is 0 Å². The quantitative estimate of drug-likeness (QED) is 0.782. The number of benzene rings is 2. The molecule has 0 saturated carbocycles. The molecule has 0 aromatic heterocycles. The standard InChI is InChI=1S/C18H19FN2S/c1-14-2-4-15(5-3-14)18(22)21-12-10-20(11-13-21)17-8-6-16(19)7-9-17/h2-9H,10-13H2,1H3. The molecule has 2 aromatic carbocycles. The molecular formula is C18H19FN2S. The van der Waals surface area contributed by atoms with E-state index in [0.717, 1.165) is 42.4 Å². The lowest BCUT2D eigenvalue weighted by Gasteiger charge is -2.37. The molecule has 2 nitrogen and oxygen atoms in total. The highest BCUT2D eigenvalue weighted by Gasteiger charge is 2.19. The maximum Gasteiger partial charge on any atom is 0.123 e. The summed E-state index contributed by atoms with van der Waals surface area (Å²) in [7, 11) is 0. The van der Waals surface area contributed by atoms with Gasteiger partial charge in [-0.2, -0.15) is 0 Å². The van der Waals surface area contributed by atoms with Crippen LogP contribution in [-0.2, 0) is 0 Å². The summed E-state index contributed by atoms with van der Waals surface area (Å²) in [5, 5.41) is 0. The van der Waals surface area contributed by atoms with Crippen molar-refractivity contribution < 1.29 is 4.39 Å². The molecule has 0 N–H and O–H groups in total. The molecule has 4 heteroatoms. The molecule has 1 aliphatic rings. The van der Waals surface area contributed by atoms with Gasteiger partial charge in [0.2, 0.25) is 0 Å². The highest BCUT2D eigenvalue weighted by Crippen LogP contribution is 2.18. The summed E-state index contributed by atoms with van der Waals surface area (Å²) in [6, 6.07) is 15.1. The van der Waals surface area contributed by atoms with E-state index in [4.69, 9.17) is 12.2 Å². The van der Waals surface area contributed by atoms with Gasteiger partial charge in [-0.15, -0.1) is 0 Å². The average molecular weight is 314 g/mol. The number of thiocarbonyl (C=S) groups is 1. The normalized spacial score (nSPS) is 15.0. The van der Waals surface area contributed by atoms with Crippen LogP contribution in [-0.4, -0.2) is 36.1 Å². The van der Waals surface area contributed by atoms with E-state index in [1.807, 2.05) is 12.1 Å². The van der Waals surface area contributed by atoms with E-state index in [1.54, 1.807) is 0 Å². The van der Waals surface area contributed by atoms with Crippen molar-refractivity contribution in [3.05, 3.63) is 65.5 Å². The van der Waals surface area contributed by atoms with Crippen molar-refractivity contribution >= 4 is 22.9 Å². The Kier molecular flexibility index (Phi) is 4.39. The lowest BCUT2D eigenvalue weighted by molar-refractivity contribution is 0.392. The first-order valence-electron chi connectivity index (χ1n) is 7.50. The molecule has 114 valence electrons. The predicted molar refractivity (Wildman–Crippen MR) is 93.1 cm³/mol.